The smallest absolute Gasteiger partial charge is 0.259 e. The summed E-state index contributed by atoms with van der Waals surface area (Å²) in [5, 5.41) is 11.9. The van der Waals surface area contributed by atoms with Crippen molar-refractivity contribution in [3.8, 4) is 0 Å². The van der Waals surface area contributed by atoms with Crippen molar-refractivity contribution < 1.29 is 14.1 Å². The van der Waals surface area contributed by atoms with E-state index in [1.807, 2.05) is 6.20 Å². The zero-order valence-corrected chi connectivity index (χ0v) is 13.4. The van der Waals surface area contributed by atoms with Crippen LogP contribution in [0.3, 0.4) is 0 Å². The lowest BCUT2D eigenvalue weighted by Crippen LogP contribution is -2.51. The van der Waals surface area contributed by atoms with Gasteiger partial charge in [0.15, 0.2) is 0 Å². The van der Waals surface area contributed by atoms with E-state index in [9.17, 15) is 9.59 Å². The minimum atomic E-state index is -0.0759. The third kappa shape index (κ3) is 2.55. The Bertz CT molecular complexity index is 776. The number of aromatic nitrogens is 4. The summed E-state index contributed by atoms with van der Waals surface area (Å²) in [4.78, 5) is 27.5. The van der Waals surface area contributed by atoms with E-state index in [0.29, 0.717) is 37.4 Å². The van der Waals surface area contributed by atoms with E-state index in [-0.39, 0.29) is 17.9 Å². The van der Waals surface area contributed by atoms with Crippen LogP contribution >= 0.6 is 0 Å². The minimum Gasteiger partial charge on any atom is -0.361 e. The molecule has 24 heavy (non-hydrogen) atoms. The molecule has 0 aliphatic carbocycles. The number of nitrogens with zero attached hydrogens (tertiary/aromatic N) is 6. The average molecular weight is 330 g/mol. The lowest BCUT2D eigenvalue weighted by atomic mass is 10.1. The van der Waals surface area contributed by atoms with Crippen LogP contribution in [0, 0.1) is 6.92 Å². The van der Waals surface area contributed by atoms with Gasteiger partial charge < -0.3 is 14.3 Å². The molecule has 0 bridgehead atoms. The Kier molecular flexibility index (Phi) is 3.55. The fourth-order valence-electron chi connectivity index (χ4n) is 3.09. The number of likely N-dealkylation sites (tertiary alicyclic amines) is 2. The van der Waals surface area contributed by atoms with Gasteiger partial charge in [-0.25, -0.2) is 4.68 Å². The normalized spacial score (nSPS) is 18.3. The Labute approximate surface area is 138 Å². The van der Waals surface area contributed by atoms with Crippen molar-refractivity contribution in [2.45, 2.75) is 32.4 Å². The van der Waals surface area contributed by atoms with E-state index in [1.165, 1.54) is 6.20 Å². The van der Waals surface area contributed by atoms with Gasteiger partial charge in [0.05, 0.1) is 25.0 Å². The molecule has 126 valence electrons. The first-order valence-corrected chi connectivity index (χ1v) is 8.01. The molecule has 0 spiro atoms. The molecule has 0 aromatic carbocycles. The second kappa shape index (κ2) is 5.73. The highest BCUT2D eigenvalue weighted by Gasteiger charge is 2.34. The lowest BCUT2D eigenvalue weighted by Gasteiger charge is -2.38. The van der Waals surface area contributed by atoms with Gasteiger partial charge in [-0.1, -0.05) is 10.4 Å². The number of carbonyl (C=O) groups is 2. The van der Waals surface area contributed by atoms with Gasteiger partial charge in [-0.3, -0.25) is 9.59 Å². The van der Waals surface area contributed by atoms with Crippen molar-refractivity contribution in [3.05, 3.63) is 29.4 Å². The number of rotatable bonds is 4. The molecular formula is C15H18N6O3. The molecule has 4 heterocycles. The van der Waals surface area contributed by atoms with Crippen LogP contribution in [-0.2, 0) is 11.3 Å². The molecule has 2 aliphatic heterocycles. The highest BCUT2D eigenvalue weighted by molar-refractivity contribution is 5.95. The van der Waals surface area contributed by atoms with Crippen molar-refractivity contribution in [3.63, 3.8) is 0 Å². The largest absolute Gasteiger partial charge is 0.361 e. The zero-order valence-electron chi connectivity index (χ0n) is 13.4. The molecule has 0 unspecified atom stereocenters. The van der Waals surface area contributed by atoms with Crippen LogP contribution in [0.15, 0.2) is 16.9 Å². The predicted molar refractivity (Wildman–Crippen MR) is 80.9 cm³/mol. The van der Waals surface area contributed by atoms with E-state index in [4.69, 9.17) is 4.52 Å². The van der Waals surface area contributed by atoms with Crippen molar-refractivity contribution >= 4 is 11.8 Å². The van der Waals surface area contributed by atoms with Crippen molar-refractivity contribution in [1.82, 2.24) is 30.0 Å². The maximum Gasteiger partial charge on any atom is 0.259 e. The van der Waals surface area contributed by atoms with E-state index in [2.05, 4.69) is 15.5 Å². The van der Waals surface area contributed by atoms with Crippen molar-refractivity contribution in [2.75, 3.05) is 19.6 Å². The number of aryl methyl sites for hydroxylation is 1. The molecule has 0 N–H and O–H groups in total. The van der Waals surface area contributed by atoms with Crippen molar-refractivity contribution in [2.24, 2.45) is 0 Å². The third-order valence-electron chi connectivity index (χ3n) is 4.59. The molecule has 2 aromatic rings. The Morgan fingerprint density at radius 2 is 2.25 bits per heavy atom. The maximum absolute atomic E-state index is 12.3. The Balaban J connectivity index is 1.35. The highest BCUT2D eigenvalue weighted by atomic mass is 16.5. The van der Waals surface area contributed by atoms with Gasteiger partial charge >= 0.3 is 0 Å². The summed E-state index contributed by atoms with van der Waals surface area (Å²) in [5.41, 5.74) is 1.28. The summed E-state index contributed by atoms with van der Waals surface area (Å²) < 4.78 is 6.71. The molecule has 9 nitrogen and oxygen atoms in total. The summed E-state index contributed by atoms with van der Waals surface area (Å²) in [7, 11) is 0. The van der Waals surface area contributed by atoms with E-state index in [1.54, 1.807) is 21.4 Å². The molecule has 0 saturated carbocycles. The van der Waals surface area contributed by atoms with Crippen LogP contribution in [0.2, 0.25) is 0 Å². The first-order chi connectivity index (χ1) is 11.6. The zero-order chi connectivity index (χ0) is 16.7. The van der Waals surface area contributed by atoms with Crippen LogP contribution < -0.4 is 0 Å². The molecule has 2 fully saturated rings. The van der Waals surface area contributed by atoms with Crippen LogP contribution in [0.25, 0.3) is 0 Å². The Morgan fingerprint density at radius 1 is 1.42 bits per heavy atom. The van der Waals surface area contributed by atoms with Gasteiger partial charge in [0.1, 0.15) is 17.0 Å². The van der Waals surface area contributed by atoms with Crippen LogP contribution in [-0.4, -0.2) is 61.4 Å². The molecule has 2 amide bonds. The molecule has 4 rings (SSSR count). The van der Waals surface area contributed by atoms with Crippen LogP contribution in [0.4, 0.5) is 0 Å². The summed E-state index contributed by atoms with van der Waals surface area (Å²) in [6, 6.07) is 0.115. The molecular weight excluding hydrogens is 312 g/mol. The van der Waals surface area contributed by atoms with Gasteiger partial charge in [-0.15, -0.1) is 5.10 Å². The fourth-order valence-corrected chi connectivity index (χ4v) is 3.09. The van der Waals surface area contributed by atoms with Crippen LogP contribution in [0.1, 0.15) is 40.7 Å². The summed E-state index contributed by atoms with van der Waals surface area (Å²) in [6.07, 6.45) is 4.85. The predicted octanol–water partition coefficient (Wildman–Crippen LogP) is 0.394. The monoisotopic (exact) mass is 330 g/mol. The third-order valence-corrected chi connectivity index (χ3v) is 4.59. The minimum absolute atomic E-state index is 0.0759. The standard InChI is InChI=1S/C15H18N6O3/c1-10-13(5-16-24-10)15(23)20-8-12(9-20)21-7-11(17-18-21)6-19-4-2-3-14(19)22/h5,7,12H,2-4,6,8-9H2,1H3. The second-order valence-electron chi connectivity index (χ2n) is 6.27. The highest BCUT2D eigenvalue weighted by Crippen LogP contribution is 2.24. The molecule has 2 aromatic heterocycles. The first-order valence-electron chi connectivity index (χ1n) is 8.01. The van der Waals surface area contributed by atoms with Gasteiger partial charge in [0, 0.05) is 26.1 Å². The maximum atomic E-state index is 12.3. The number of hydrogen-bond acceptors (Lipinski definition) is 6. The van der Waals surface area contributed by atoms with Gasteiger partial charge in [0.2, 0.25) is 5.91 Å². The summed E-state index contributed by atoms with van der Waals surface area (Å²) >= 11 is 0. The van der Waals surface area contributed by atoms with E-state index < -0.39 is 0 Å². The van der Waals surface area contributed by atoms with Gasteiger partial charge in [-0.05, 0) is 13.3 Å². The topological polar surface area (TPSA) is 97.4 Å². The van der Waals surface area contributed by atoms with Gasteiger partial charge in [-0.2, -0.15) is 0 Å². The van der Waals surface area contributed by atoms with Crippen LogP contribution in [0.5, 0.6) is 0 Å². The Morgan fingerprint density at radius 3 is 2.92 bits per heavy atom. The van der Waals surface area contributed by atoms with Crippen molar-refractivity contribution in [1.29, 1.82) is 0 Å². The van der Waals surface area contributed by atoms with E-state index >= 15 is 0 Å². The number of amides is 2. The Hall–Kier alpha value is -2.71. The lowest BCUT2D eigenvalue weighted by molar-refractivity contribution is -0.128. The second-order valence-corrected chi connectivity index (χ2v) is 6.27. The summed E-state index contributed by atoms with van der Waals surface area (Å²) in [6.45, 7) is 4.17. The number of carbonyl (C=O) groups excluding carboxylic acids is 2. The average Bonchev–Trinajstić information content (AvgIpc) is 3.22. The van der Waals surface area contributed by atoms with E-state index in [0.717, 1.165) is 18.7 Å². The molecule has 9 heteroatoms. The number of hydrogen-bond donors (Lipinski definition) is 0. The molecule has 2 aliphatic rings. The fraction of sp³-hybridized carbons (Fsp3) is 0.533. The van der Waals surface area contributed by atoms with Gasteiger partial charge in [0.25, 0.3) is 5.91 Å². The first kappa shape index (κ1) is 14.9. The summed E-state index contributed by atoms with van der Waals surface area (Å²) in [5.74, 6) is 0.629. The quantitative estimate of drug-likeness (QED) is 0.804. The molecule has 0 radical (unpaired) electrons. The molecule has 0 atom stereocenters. The SMILES string of the molecule is Cc1oncc1C(=O)N1CC(n2cc(CN3CCCC3=O)nn2)C1. The molecule has 2 saturated heterocycles.